The van der Waals surface area contributed by atoms with E-state index in [0.717, 1.165) is 12.0 Å². The van der Waals surface area contributed by atoms with Gasteiger partial charge in [-0.05, 0) is 56.0 Å². The maximum absolute atomic E-state index is 13.4. The smallest absolute Gasteiger partial charge is 0.248 e. The van der Waals surface area contributed by atoms with E-state index in [4.69, 9.17) is 39.5 Å². The lowest BCUT2D eigenvalue weighted by Gasteiger charge is -2.35. The Balaban J connectivity index is 1.60. The number of halogens is 3. The number of hydrogen-bond donors (Lipinski definition) is 1. The summed E-state index contributed by atoms with van der Waals surface area (Å²) in [5.74, 6) is -0.252. The lowest BCUT2D eigenvalue weighted by molar-refractivity contribution is -0.132. The normalized spacial score (nSPS) is 18.1. The standard InChI is InChI=1S/C22H26Cl3N3O4S/c1-15(22(29)27-10-7-16-5-8-26-9-6-16)32-14-18-4-2-3-11-28(18)33(30,31)21-19(24)12-17(23)13-20(21)25/h5-6,8-9,12-13,15,18H,2-4,7,10-11,14H2,1H3,(H,27,29). The molecule has 0 spiro atoms. The average Bonchev–Trinajstić information content (AvgIpc) is 2.77. The summed E-state index contributed by atoms with van der Waals surface area (Å²) < 4.78 is 33.9. The molecular formula is C22H26Cl3N3O4S. The molecule has 1 fully saturated rings. The SMILES string of the molecule is CC(OCC1CCCCN1S(=O)(=O)c1c(Cl)cc(Cl)cc1Cl)C(=O)NCCc1ccncc1. The monoisotopic (exact) mass is 533 g/mol. The first-order valence-electron chi connectivity index (χ1n) is 10.6. The number of sulfonamides is 1. The zero-order valence-corrected chi connectivity index (χ0v) is 21.2. The fourth-order valence-electron chi connectivity index (χ4n) is 3.70. The van der Waals surface area contributed by atoms with Gasteiger partial charge in [0.05, 0.1) is 16.7 Å². The zero-order valence-electron chi connectivity index (χ0n) is 18.1. The van der Waals surface area contributed by atoms with Gasteiger partial charge in [-0.3, -0.25) is 9.78 Å². The van der Waals surface area contributed by atoms with E-state index >= 15 is 0 Å². The summed E-state index contributed by atoms with van der Waals surface area (Å²) in [5.41, 5.74) is 1.07. The van der Waals surface area contributed by atoms with Crippen LogP contribution < -0.4 is 5.32 Å². The third kappa shape index (κ3) is 6.81. The summed E-state index contributed by atoms with van der Waals surface area (Å²) in [6, 6.07) is 6.07. The molecule has 1 aromatic heterocycles. The molecule has 7 nitrogen and oxygen atoms in total. The van der Waals surface area contributed by atoms with E-state index in [2.05, 4.69) is 10.3 Å². The number of amides is 1. The van der Waals surface area contributed by atoms with Crippen molar-refractivity contribution in [3.8, 4) is 0 Å². The predicted octanol–water partition coefficient (Wildman–Crippen LogP) is 4.35. The van der Waals surface area contributed by atoms with Crippen molar-refractivity contribution in [1.29, 1.82) is 0 Å². The number of nitrogens with one attached hydrogen (secondary N) is 1. The second-order valence-corrected chi connectivity index (χ2v) is 10.9. The first-order chi connectivity index (χ1) is 15.7. The van der Waals surface area contributed by atoms with Crippen molar-refractivity contribution in [3.05, 3.63) is 57.3 Å². The van der Waals surface area contributed by atoms with Gasteiger partial charge in [0, 0.05) is 36.5 Å². The van der Waals surface area contributed by atoms with E-state index in [9.17, 15) is 13.2 Å². The lowest BCUT2D eigenvalue weighted by Crippen LogP contribution is -2.47. The van der Waals surface area contributed by atoms with Crippen molar-refractivity contribution >= 4 is 50.7 Å². The van der Waals surface area contributed by atoms with Crippen LogP contribution in [0.25, 0.3) is 0 Å². The molecule has 2 atom stereocenters. The van der Waals surface area contributed by atoms with Crippen molar-refractivity contribution in [1.82, 2.24) is 14.6 Å². The van der Waals surface area contributed by atoms with E-state index in [0.29, 0.717) is 32.4 Å². The highest BCUT2D eigenvalue weighted by atomic mass is 35.5. The highest BCUT2D eigenvalue weighted by molar-refractivity contribution is 7.89. The van der Waals surface area contributed by atoms with Gasteiger partial charge in [-0.2, -0.15) is 4.31 Å². The molecule has 33 heavy (non-hydrogen) atoms. The van der Waals surface area contributed by atoms with Crippen LogP contribution in [0.2, 0.25) is 15.1 Å². The summed E-state index contributed by atoms with van der Waals surface area (Å²) >= 11 is 18.3. The summed E-state index contributed by atoms with van der Waals surface area (Å²) in [4.78, 5) is 16.2. The molecule has 3 rings (SSSR count). The third-order valence-electron chi connectivity index (χ3n) is 5.47. The average molecular weight is 535 g/mol. The van der Waals surface area contributed by atoms with Crippen LogP contribution in [0.5, 0.6) is 0 Å². The van der Waals surface area contributed by atoms with Gasteiger partial charge in [0.2, 0.25) is 15.9 Å². The molecule has 0 radical (unpaired) electrons. The van der Waals surface area contributed by atoms with Crippen molar-refractivity contribution < 1.29 is 17.9 Å². The number of aromatic nitrogens is 1. The van der Waals surface area contributed by atoms with Crippen LogP contribution >= 0.6 is 34.8 Å². The number of benzene rings is 1. The molecule has 0 bridgehead atoms. The second kappa shape index (κ2) is 11.8. The highest BCUT2D eigenvalue weighted by Crippen LogP contribution is 2.36. The summed E-state index contributed by atoms with van der Waals surface area (Å²) in [5, 5.41) is 3.04. The van der Waals surface area contributed by atoms with E-state index in [-0.39, 0.29) is 32.5 Å². The van der Waals surface area contributed by atoms with Gasteiger partial charge >= 0.3 is 0 Å². The van der Waals surface area contributed by atoms with Gasteiger partial charge in [0.25, 0.3) is 0 Å². The zero-order chi connectivity index (χ0) is 24.0. The molecular weight excluding hydrogens is 509 g/mol. The molecule has 11 heteroatoms. The summed E-state index contributed by atoms with van der Waals surface area (Å²) in [7, 11) is -3.98. The molecule has 1 saturated heterocycles. The number of carbonyl (C=O) groups excluding carboxylic acids is 1. The van der Waals surface area contributed by atoms with Crippen LogP contribution in [-0.2, 0) is 26.0 Å². The fraction of sp³-hybridized carbons (Fsp3) is 0.455. The molecule has 1 amide bonds. The first-order valence-corrected chi connectivity index (χ1v) is 13.2. The van der Waals surface area contributed by atoms with Gasteiger partial charge in [0.15, 0.2) is 0 Å². The van der Waals surface area contributed by atoms with Gasteiger partial charge in [0.1, 0.15) is 11.0 Å². The molecule has 2 heterocycles. The van der Waals surface area contributed by atoms with Gasteiger partial charge in [-0.1, -0.05) is 41.2 Å². The summed E-state index contributed by atoms with van der Waals surface area (Å²) in [6.45, 7) is 2.52. The van der Waals surface area contributed by atoms with Gasteiger partial charge < -0.3 is 10.1 Å². The molecule has 1 N–H and O–H groups in total. The van der Waals surface area contributed by atoms with Gasteiger partial charge in [-0.25, -0.2) is 8.42 Å². The summed E-state index contributed by atoms with van der Waals surface area (Å²) in [6.07, 6.45) is 5.54. The minimum Gasteiger partial charge on any atom is -0.367 e. The number of carbonyl (C=O) groups is 1. The molecule has 1 aromatic carbocycles. The maximum Gasteiger partial charge on any atom is 0.248 e. The third-order valence-corrected chi connectivity index (χ3v) is 8.57. The largest absolute Gasteiger partial charge is 0.367 e. The number of rotatable bonds is 9. The Labute approximate surface area is 209 Å². The Morgan fingerprint density at radius 1 is 1.21 bits per heavy atom. The first kappa shape index (κ1) is 26.2. The molecule has 1 aliphatic rings. The Morgan fingerprint density at radius 2 is 1.88 bits per heavy atom. The maximum atomic E-state index is 13.4. The molecule has 2 unspecified atom stereocenters. The van der Waals surface area contributed by atoms with Crippen LogP contribution in [0.1, 0.15) is 31.7 Å². The minimum absolute atomic E-state index is 0.0281. The minimum atomic E-state index is -3.98. The Hall–Kier alpha value is -1.42. The van der Waals surface area contributed by atoms with Gasteiger partial charge in [-0.15, -0.1) is 0 Å². The molecule has 0 aliphatic carbocycles. The number of nitrogens with zero attached hydrogens (tertiary/aromatic N) is 2. The lowest BCUT2D eigenvalue weighted by atomic mass is 10.1. The highest BCUT2D eigenvalue weighted by Gasteiger charge is 2.36. The molecule has 1 aliphatic heterocycles. The van der Waals surface area contributed by atoms with Crippen molar-refractivity contribution in [2.75, 3.05) is 19.7 Å². The molecule has 2 aromatic rings. The van der Waals surface area contributed by atoms with Crippen molar-refractivity contribution in [3.63, 3.8) is 0 Å². The number of pyridine rings is 1. The predicted molar refractivity (Wildman–Crippen MR) is 129 cm³/mol. The fourth-order valence-corrected chi connectivity index (χ4v) is 6.88. The van der Waals surface area contributed by atoms with E-state index in [1.807, 2.05) is 12.1 Å². The van der Waals surface area contributed by atoms with Crippen LogP contribution in [0.4, 0.5) is 0 Å². The number of hydrogen-bond acceptors (Lipinski definition) is 5. The van der Waals surface area contributed by atoms with E-state index in [1.165, 1.54) is 16.4 Å². The van der Waals surface area contributed by atoms with Crippen LogP contribution in [0, 0.1) is 0 Å². The number of ether oxygens (including phenoxy) is 1. The Morgan fingerprint density at radius 3 is 2.55 bits per heavy atom. The number of piperidine rings is 1. The molecule has 180 valence electrons. The van der Waals surface area contributed by atoms with Crippen LogP contribution in [0.15, 0.2) is 41.6 Å². The Bertz CT molecular complexity index is 1050. The topological polar surface area (TPSA) is 88.6 Å². The van der Waals surface area contributed by atoms with Crippen molar-refractivity contribution in [2.24, 2.45) is 0 Å². The molecule has 0 saturated carbocycles. The second-order valence-electron chi connectivity index (χ2n) is 7.84. The van der Waals surface area contributed by atoms with E-state index < -0.39 is 22.2 Å². The van der Waals surface area contributed by atoms with Crippen LogP contribution in [-0.4, -0.2) is 55.5 Å². The van der Waals surface area contributed by atoms with Crippen LogP contribution in [0.3, 0.4) is 0 Å². The van der Waals surface area contributed by atoms with Crippen molar-refractivity contribution in [2.45, 2.75) is 49.6 Å². The quantitative estimate of drug-likeness (QED) is 0.517. The van der Waals surface area contributed by atoms with E-state index in [1.54, 1.807) is 19.3 Å². The Kier molecular flexibility index (Phi) is 9.38.